The third kappa shape index (κ3) is 4.30. The number of benzene rings is 6. The Hall–Kier alpha value is -5.71. The van der Waals surface area contributed by atoms with Crippen LogP contribution in [0, 0.1) is 0 Å². The molecule has 0 saturated carbocycles. The summed E-state index contributed by atoms with van der Waals surface area (Å²) in [7, 11) is 0. The number of hydrogen-bond donors (Lipinski definition) is 0. The maximum absolute atomic E-state index is 5.01. The monoisotopic (exact) mass is 593 g/mol. The zero-order valence-corrected chi connectivity index (χ0v) is 25.2. The molecule has 4 heteroatoms. The van der Waals surface area contributed by atoms with Crippen molar-refractivity contribution in [3.8, 4) is 16.8 Å². The van der Waals surface area contributed by atoms with Gasteiger partial charge < -0.3 is 4.57 Å². The molecule has 0 fully saturated rings. The van der Waals surface area contributed by atoms with Gasteiger partial charge >= 0.3 is 0 Å². The molecule has 0 aliphatic heterocycles. The van der Waals surface area contributed by atoms with Crippen molar-refractivity contribution in [1.29, 1.82) is 0 Å². The van der Waals surface area contributed by atoms with Crippen LogP contribution in [-0.2, 0) is 0 Å². The van der Waals surface area contributed by atoms with Crippen LogP contribution < -0.4 is 4.90 Å². The number of rotatable bonds is 5. The second-order valence-corrected chi connectivity index (χ2v) is 12.4. The van der Waals surface area contributed by atoms with Crippen LogP contribution in [0.4, 0.5) is 17.2 Å². The first kappa shape index (κ1) is 25.8. The van der Waals surface area contributed by atoms with Gasteiger partial charge in [0.05, 0.1) is 11.0 Å². The number of nitrogens with zero attached hydrogens (tertiary/aromatic N) is 3. The van der Waals surface area contributed by atoms with Crippen molar-refractivity contribution in [2.75, 3.05) is 4.90 Å². The lowest BCUT2D eigenvalue weighted by Crippen LogP contribution is -2.11. The second-order valence-electron chi connectivity index (χ2n) is 11.3. The highest BCUT2D eigenvalue weighted by Gasteiger charge is 2.16. The molecule has 0 unspecified atom stereocenters. The number of hydrogen-bond acceptors (Lipinski definition) is 3. The lowest BCUT2D eigenvalue weighted by atomic mass is 10.1. The summed E-state index contributed by atoms with van der Waals surface area (Å²) in [5, 5.41) is 5.14. The first-order chi connectivity index (χ1) is 22.3. The first-order valence-corrected chi connectivity index (χ1v) is 15.9. The van der Waals surface area contributed by atoms with Gasteiger partial charge in [0, 0.05) is 59.8 Å². The van der Waals surface area contributed by atoms with Crippen molar-refractivity contribution >= 4 is 70.5 Å². The van der Waals surface area contributed by atoms with Crippen LogP contribution >= 0.6 is 11.3 Å². The molecule has 0 bridgehead atoms. The van der Waals surface area contributed by atoms with Gasteiger partial charge in [0.2, 0.25) is 0 Å². The topological polar surface area (TPSA) is 21.1 Å². The van der Waals surface area contributed by atoms with Crippen molar-refractivity contribution in [3.63, 3.8) is 0 Å². The minimum absolute atomic E-state index is 0.882. The predicted octanol–water partition coefficient (Wildman–Crippen LogP) is 11.7. The molecule has 9 rings (SSSR count). The molecular formula is C41H27N3S. The number of thiophene rings is 1. The maximum atomic E-state index is 5.01. The summed E-state index contributed by atoms with van der Waals surface area (Å²) in [5.41, 5.74) is 7.97. The van der Waals surface area contributed by atoms with Gasteiger partial charge in [-0.1, -0.05) is 91.0 Å². The van der Waals surface area contributed by atoms with Gasteiger partial charge in [-0.2, -0.15) is 0 Å². The van der Waals surface area contributed by atoms with Crippen molar-refractivity contribution < 1.29 is 0 Å². The molecule has 0 amide bonds. The Morgan fingerprint density at radius 3 is 1.80 bits per heavy atom. The molecule has 0 radical (unpaired) electrons. The highest BCUT2D eigenvalue weighted by Crippen LogP contribution is 2.40. The van der Waals surface area contributed by atoms with Crippen LogP contribution in [0.3, 0.4) is 0 Å². The first-order valence-electron chi connectivity index (χ1n) is 15.1. The average Bonchev–Trinajstić information content (AvgIpc) is 3.65. The lowest BCUT2D eigenvalue weighted by Gasteiger charge is -2.24. The van der Waals surface area contributed by atoms with Crippen molar-refractivity contribution in [3.05, 3.63) is 164 Å². The Labute approximate surface area is 264 Å². The molecule has 6 aromatic carbocycles. The normalized spacial score (nSPS) is 11.6. The lowest BCUT2D eigenvalue weighted by molar-refractivity contribution is 1.17. The van der Waals surface area contributed by atoms with Crippen LogP contribution in [0.1, 0.15) is 0 Å². The summed E-state index contributed by atoms with van der Waals surface area (Å²) in [6, 6.07) is 56.2. The van der Waals surface area contributed by atoms with E-state index in [-0.39, 0.29) is 0 Å². The number of anilines is 3. The molecule has 3 heterocycles. The van der Waals surface area contributed by atoms with Crippen LogP contribution in [0.5, 0.6) is 0 Å². The molecule has 3 nitrogen and oxygen atoms in total. The smallest absolute Gasteiger partial charge is 0.137 e. The molecule has 9 aromatic rings. The minimum Gasteiger partial charge on any atom is -0.309 e. The van der Waals surface area contributed by atoms with E-state index in [0.29, 0.717) is 0 Å². The zero-order valence-electron chi connectivity index (χ0n) is 24.3. The van der Waals surface area contributed by atoms with E-state index in [1.165, 1.54) is 42.0 Å². The SMILES string of the molecule is c1ccc(N(c2ccc3c(c2)sc2ccccc23)c2ccc(-c3ccc(-n4c5ccccc5c5ccccc54)cc3)cn2)cc1. The van der Waals surface area contributed by atoms with E-state index in [1.54, 1.807) is 0 Å². The van der Waals surface area contributed by atoms with Gasteiger partial charge in [-0.25, -0.2) is 4.98 Å². The summed E-state index contributed by atoms with van der Waals surface area (Å²) < 4.78 is 4.93. The van der Waals surface area contributed by atoms with Crippen LogP contribution in [-0.4, -0.2) is 9.55 Å². The van der Waals surface area contributed by atoms with E-state index in [1.807, 2.05) is 17.5 Å². The number of aromatic nitrogens is 2. The minimum atomic E-state index is 0.882. The molecule has 0 atom stereocenters. The summed E-state index contributed by atoms with van der Waals surface area (Å²) in [5.74, 6) is 0.882. The van der Waals surface area contributed by atoms with E-state index in [4.69, 9.17) is 4.98 Å². The van der Waals surface area contributed by atoms with Gasteiger partial charge in [0.1, 0.15) is 5.82 Å². The fourth-order valence-electron chi connectivity index (χ4n) is 6.54. The average molecular weight is 594 g/mol. The zero-order chi connectivity index (χ0) is 29.7. The molecule has 0 aliphatic carbocycles. The second kappa shape index (κ2) is 10.5. The third-order valence-corrected chi connectivity index (χ3v) is 9.78. The van der Waals surface area contributed by atoms with E-state index in [0.717, 1.165) is 34.0 Å². The highest BCUT2D eigenvalue weighted by atomic mass is 32.1. The highest BCUT2D eigenvalue weighted by molar-refractivity contribution is 7.25. The quantitative estimate of drug-likeness (QED) is 0.198. The molecule has 3 aromatic heterocycles. The Kier molecular flexibility index (Phi) is 6.00. The van der Waals surface area contributed by atoms with Gasteiger partial charge in [-0.3, -0.25) is 4.90 Å². The van der Waals surface area contributed by atoms with E-state index in [2.05, 4.69) is 167 Å². The van der Waals surface area contributed by atoms with Gasteiger partial charge in [0.25, 0.3) is 0 Å². The maximum Gasteiger partial charge on any atom is 0.137 e. The number of fused-ring (bicyclic) bond motifs is 6. The van der Waals surface area contributed by atoms with Gasteiger partial charge in [-0.05, 0) is 72.3 Å². The molecule has 212 valence electrons. The Balaban J connectivity index is 1.08. The molecule has 0 spiro atoms. The van der Waals surface area contributed by atoms with E-state index >= 15 is 0 Å². The van der Waals surface area contributed by atoms with Crippen molar-refractivity contribution in [2.24, 2.45) is 0 Å². The summed E-state index contributed by atoms with van der Waals surface area (Å²) in [6.45, 7) is 0. The Morgan fingerprint density at radius 1 is 0.467 bits per heavy atom. The van der Waals surface area contributed by atoms with E-state index in [9.17, 15) is 0 Å². The standard InChI is InChI=1S/C41H27N3S/c1-2-10-30(11-3-1)43(32-23-24-36-35-14-6-9-17-39(35)45-40(36)26-32)41-25-20-29(27-42-41)28-18-21-31(22-19-28)44-37-15-7-4-12-33(37)34-13-5-8-16-38(34)44/h1-27H. The summed E-state index contributed by atoms with van der Waals surface area (Å²) in [6.07, 6.45) is 1.98. The third-order valence-electron chi connectivity index (χ3n) is 8.65. The van der Waals surface area contributed by atoms with Crippen molar-refractivity contribution in [1.82, 2.24) is 9.55 Å². The Bertz CT molecular complexity index is 2420. The molecule has 0 saturated heterocycles. The fourth-order valence-corrected chi connectivity index (χ4v) is 7.68. The summed E-state index contributed by atoms with van der Waals surface area (Å²) >= 11 is 1.84. The van der Waals surface area contributed by atoms with E-state index < -0.39 is 0 Å². The molecule has 0 N–H and O–H groups in total. The summed E-state index contributed by atoms with van der Waals surface area (Å²) in [4.78, 5) is 7.24. The van der Waals surface area contributed by atoms with Crippen LogP contribution in [0.2, 0.25) is 0 Å². The molecular weight excluding hydrogens is 567 g/mol. The molecule has 45 heavy (non-hydrogen) atoms. The number of para-hydroxylation sites is 3. The van der Waals surface area contributed by atoms with Crippen LogP contribution in [0.15, 0.2) is 164 Å². The Morgan fingerprint density at radius 2 is 1.09 bits per heavy atom. The van der Waals surface area contributed by atoms with Crippen molar-refractivity contribution in [2.45, 2.75) is 0 Å². The largest absolute Gasteiger partial charge is 0.309 e. The fraction of sp³-hybridized carbons (Fsp3) is 0. The predicted molar refractivity (Wildman–Crippen MR) is 192 cm³/mol. The van der Waals surface area contributed by atoms with Gasteiger partial charge in [-0.15, -0.1) is 11.3 Å². The van der Waals surface area contributed by atoms with Gasteiger partial charge in [0.15, 0.2) is 0 Å². The number of pyridine rings is 1. The molecule has 0 aliphatic rings. The van der Waals surface area contributed by atoms with Crippen LogP contribution in [0.25, 0.3) is 58.8 Å².